The van der Waals surface area contributed by atoms with Gasteiger partial charge >= 0.3 is 0 Å². The van der Waals surface area contributed by atoms with Gasteiger partial charge in [0.05, 0.1) is 29.9 Å². The van der Waals surface area contributed by atoms with Gasteiger partial charge in [0.15, 0.2) is 9.84 Å². The molecular weight excluding hydrogens is 562 g/mol. The lowest BCUT2D eigenvalue weighted by Gasteiger charge is -2.21. The number of hydrogen-bond acceptors (Lipinski definition) is 8. The molecule has 0 bridgehead atoms. The maximum atomic E-state index is 12.9. The molecule has 5 rings (SSSR count). The maximum Gasteiger partial charge on any atom is 0.231 e. The van der Waals surface area contributed by atoms with Crippen molar-refractivity contribution < 1.29 is 13.2 Å². The minimum absolute atomic E-state index is 0.0184. The maximum absolute atomic E-state index is 12.9. The van der Waals surface area contributed by atoms with Gasteiger partial charge in [0.1, 0.15) is 5.82 Å². The zero-order valence-electron chi connectivity index (χ0n) is 22.5. The molecule has 2 heterocycles. The lowest BCUT2D eigenvalue weighted by molar-refractivity contribution is -0.115. The number of para-hydroxylation sites is 2. The van der Waals surface area contributed by atoms with Crippen LogP contribution in [0.4, 0.5) is 23.4 Å². The summed E-state index contributed by atoms with van der Waals surface area (Å²) in [5.41, 5.74) is 3.77. The van der Waals surface area contributed by atoms with Crippen molar-refractivity contribution in [1.82, 2.24) is 19.5 Å². The number of hydrogen-bond donors (Lipinski definition) is 2. The molecule has 2 aromatic heterocycles. The van der Waals surface area contributed by atoms with E-state index in [4.69, 9.17) is 11.6 Å². The summed E-state index contributed by atoms with van der Waals surface area (Å²) in [5, 5.41) is 6.63. The highest BCUT2D eigenvalue weighted by atomic mass is 35.5. The third kappa shape index (κ3) is 7.19. The van der Waals surface area contributed by atoms with Crippen LogP contribution < -0.4 is 15.5 Å². The van der Waals surface area contributed by atoms with Gasteiger partial charge in [-0.1, -0.05) is 54.1 Å². The fourth-order valence-electron chi connectivity index (χ4n) is 4.32. The molecule has 2 N–H and O–H groups in total. The summed E-state index contributed by atoms with van der Waals surface area (Å²) in [6.45, 7) is 0.346. The first-order valence-corrected chi connectivity index (χ1v) is 15.1. The molecule has 10 nitrogen and oxygen atoms in total. The Morgan fingerprint density at radius 1 is 0.976 bits per heavy atom. The van der Waals surface area contributed by atoms with Crippen molar-refractivity contribution in [2.24, 2.45) is 0 Å². The van der Waals surface area contributed by atoms with Crippen molar-refractivity contribution in [2.75, 3.05) is 28.8 Å². The van der Waals surface area contributed by atoms with Gasteiger partial charge in [-0.15, -0.1) is 0 Å². The topological polar surface area (TPSA) is 122 Å². The summed E-state index contributed by atoms with van der Waals surface area (Å²) in [6, 6.07) is 23.8. The van der Waals surface area contributed by atoms with Crippen molar-refractivity contribution >= 4 is 61.8 Å². The molecule has 0 aliphatic rings. The van der Waals surface area contributed by atoms with E-state index in [1.54, 1.807) is 42.6 Å². The van der Waals surface area contributed by atoms with Crippen molar-refractivity contribution in [3.8, 4) is 0 Å². The van der Waals surface area contributed by atoms with Crippen LogP contribution in [0.1, 0.15) is 11.1 Å². The molecule has 5 aromatic rings. The van der Waals surface area contributed by atoms with Crippen molar-refractivity contribution in [1.29, 1.82) is 0 Å². The number of carbonyl (C=O) groups is 1. The number of nitrogens with zero attached hydrogens (tertiary/aromatic N) is 5. The minimum Gasteiger partial charge on any atom is -0.341 e. The van der Waals surface area contributed by atoms with Gasteiger partial charge in [0.25, 0.3) is 0 Å². The number of nitrogens with one attached hydrogen (secondary N) is 2. The second kappa shape index (κ2) is 11.9. The van der Waals surface area contributed by atoms with Gasteiger partial charge in [0.2, 0.25) is 17.8 Å². The van der Waals surface area contributed by atoms with E-state index in [1.807, 2.05) is 59.0 Å². The average Bonchev–Trinajstić information content (AvgIpc) is 3.27. The number of amides is 1. The number of anilines is 4. The first-order valence-electron chi connectivity index (χ1n) is 12.7. The molecule has 0 atom stereocenters. The minimum atomic E-state index is -3.11. The first-order chi connectivity index (χ1) is 19.6. The quantitative estimate of drug-likeness (QED) is 0.232. The Kier molecular flexibility index (Phi) is 8.18. The summed E-state index contributed by atoms with van der Waals surface area (Å²) in [5.74, 6) is 1.19. The van der Waals surface area contributed by atoms with E-state index in [2.05, 4.69) is 25.6 Å². The predicted molar refractivity (Wildman–Crippen MR) is 162 cm³/mol. The monoisotopic (exact) mass is 589 g/mol. The van der Waals surface area contributed by atoms with E-state index in [1.165, 1.54) is 6.26 Å². The summed E-state index contributed by atoms with van der Waals surface area (Å²) < 4.78 is 25.0. The Bertz CT molecular complexity index is 1810. The number of benzene rings is 3. The van der Waals surface area contributed by atoms with Gasteiger partial charge in [0, 0.05) is 30.2 Å². The molecule has 210 valence electrons. The van der Waals surface area contributed by atoms with E-state index in [9.17, 15) is 13.2 Å². The molecule has 0 saturated heterocycles. The first kappa shape index (κ1) is 28.1. The SMILES string of the molecule is CN(Cn1c(NC(=O)Cc2ccccc2Cl)nc2ccccc21)c1ccnc(Nc2ccc(CS(C)(=O)=O)cc2)n1. The van der Waals surface area contributed by atoms with Gasteiger partial charge < -0.3 is 10.2 Å². The smallest absolute Gasteiger partial charge is 0.231 e. The Balaban J connectivity index is 1.33. The molecular formula is C29H28ClN7O3S. The average molecular weight is 590 g/mol. The molecule has 0 spiro atoms. The van der Waals surface area contributed by atoms with Crippen LogP contribution in [0, 0.1) is 0 Å². The molecule has 12 heteroatoms. The molecule has 0 radical (unpaired) electrons. The largest absolute Gasteiger partial charge is 0.341 e. The Hall–Kier alpha value is -4.48. The Morgan fingerprint density at radius 3 is 2.46 bits per heavy atom. The van der Waals surface area contributed by atoms with Gasteiger partial charge in [-0.3, -0.25) is 14.7 Å². The highest BCUT2D eigenvalue weighted by Gasteiger charge is 2.17. The summed E-state index contributed by atoms with van der Waals surface area (Å²) in [6.07, 6.45) is 2.98. The molecule has 3 aromatic carbocycles. The summed E-state index contributed by atoms with van der Waals surface area (Å²) in [4.78, 5) is 28.5. The van der Waals surface area contributed by atoms with Crippen LogP contribution in [0.3, 0.4) is 0 Å². The number of rotatable bonds is 10. The molecule has 0 aliphatic carbocycles. The van der Waals surface area contributed by atoms with Crippen LogP contribution in [0.15, 0.2) is 85.1 Å². The van der Waals surface area contributed by atoms with E-state index in [-0.39, 0.29) is 18.1 Å². The van der Waals surface area contributed by atoms with E-state index in [0.29, 0.717) is 35.0 Å². The highest BCUT2D eigenvalue weighted by Crippen LogP contribution is 2.23. The zero-order valence-corrected chi connectivity index (χ0v) is 24.0. The van der Waals surface area contributed by atoms with Gasteiger partial charge in [-0.05, 0) is 47.5 Å². The molecule has 1 amide bonds. The molecule has 0 fully saturated rings. The normalized spacial score (nSPS) is 11.4. The van der Waals surface area contributed by atoms with Crippen LogP contribution in [0.5, 0.6) is 0 Å². The molecule has 0 aliphatic heterocycles. The Labute approximate surface area is 243 Å². The van der Waals surface area contributed by atoms with E-state index >= 15 is 0 Å². The van der Waals surface area contributed by atoms with Crippen molar-refractivity contribution in [3.05, 3.63) is 101 Å². The second-order valence-corrected chi connectivity index (χ2v) is 12.2. The summed E-state index contributed by atoms with van der Waals surface area (Å²) >= 11 is 6.25. The number of carbonyl (C=O) groups excluding carboxylic acids is 1. The second-order valence-electron chi connectivity index (χ2n) is 9.64. The van der Waals surface area contributed by atoms with Crippen LogP contribution in [0.25, 0.3) is 11.0 Å². The fourth-order valence-corrected chi connectivity index (χ4v) is 5.32. The third-order valence-corrected chi connectivity index (χ3v) is 7.47. The lowest BCUT2D eigenvalue weighted by atomic mass is 10.1. The number of imidazole rings is 1. The summed E-state index contributed by atoms with van der Waals surface area (Å²) in [7, 11) is -1.23. The lowest BCUT2D eigenvalue weighted by Crippen LogP contribution is -2.25. The van der Waals surface area contributed by atoms with Gasteiger partial charge in [-0.25, -0.2) is 18.4 Å². The van der Waals surface area contributed by atoms with Crippen LogP contribution in [-0.4, -0.2) is 47.1 Å². The number of aromatic nitrogens is 4. The van der Waals surface area contributed by atoms with Crippen LogP contribution >= 0.6 is 11.6 Å². The van der Waals surface area contributed by atoms with Crippen molar-refractivity contribution in [3.63, 3.8) is 0 Å². The number of fused-ring (bicyclic) bond motifs is 1. The molecule has 41 heavy (non-hydrogen) atoms. The van der Waals surface area contributed by atoms with E-state index in [0.717, 1.165) is 22.3 Å². The highest BCUT2D eigenvalue weighted by molar-refractivity contribution is 7.89. The van der Waals surface area contributed by atoms with Crippen molar-refractivity contribution in [2.45, 2.75) is 18.8 Å². The van der Waals surface area contributed by atoms with Gasteiger partial charge in [-0.2, -0.15) is 4.98 Å². The number of sulfone groups is 1. The molecule has 0 saturated carbocycles. The molecule has 0 unspecified atom stereocenters. The standard InChI is InChI=1S/C29H28ClN7O3S/c1-36(26-15-16-31-28(34-26)32-22-13-11-20(12-14-22)18-41(2,39)40)19-37-25-10-6-5-9-24(25)33-29(37)35-27(38)17-21-7-3-4-8-23(21)30/h3-16H,17-19H2,1-2H3,(H,31,32,34)(H,33,35,38). The fraction of sp³-hybridized carbons (Fsp3) is 0.172. The van der Waals surface area contributed by atoms with E-state index < -0.39 is 9.84 Å². The zero-order chi connectivity index (χ0) is 29.0. The van der Waals surface area contributed by atoms with Crippen LogP contribution in [-0.2, 0) is 33.5 Å². The predicted octanol–water partition coefficient (Wildman–Crippen LogP) is 5.04. The van der Waals surface area contributed by atoms with Crippen LogP contribution in [0.2, 0.25) is 5.02 Å². The Morgan fingerprint density at radius 2 is 1.71 bits per heavy atom. The number of halogens is 1. The third-order valence-electron chi connectivity index (χ3n) is 6.24.